The van der Waals surface area contributed by atoms with Crippen LogP contribution in [0.15, 0.2) is 53.6 Å². The molecule has 0 unspecified atom stereocenters. The second-order valence-electron chi connectivity index (χ2n) is 5.36. The minimum absolute atomic E-state index is 0.0957. The quantitative estimate of drug-likeness (QED) is 0.350. The Hall–Kier alpha value is -3.75. The highest BCUT2D eigenvalue weighted by atomic mass is 16.6. The molecule has 0 aliphatic heterocycles. The van der Waals surface area contributed by atoms with Gasteiger partial charge in [-0.2, -0.15) is 5.10 Å². The summed E-state index contributed by atoms with van der Waals surface area (Å²) >= 11 is 0. The number of hydrogen-bond donors (Lipinski definition) is 2. The summed E-state index contributed by atoms with van der Waals surface area (Å²) in [6, 6.07) is 12.3. The number of anilines is 1. The molecule has 2 rings (SSSR count). The van der Waals surface area contributed by atoms with Gasteiger partial charge in [-0.15, -0.1) is 0 Å². The second-order valence-corrected chi connectivity index (χ2v) is 5.36. The first-order chi connectivity index (χ1) is 12.9. The number of amides is 2. The molecule has 0 aliphatic carbocycles. The zero-order chi connectivity index (χ0) is 19.8. The Balaban J connectivity index is 1.97. The average Bonchev–Trinajstić information content (AvgIpc) is 2.67. The Morgan fingerprint density at radius 1 is 1.15 bits per heavy atom. The number of carbonyl (C=O) groups is 2. The highest BCUT2D eigenvalue weighted by Gasteiger charge is 2.14. The van der Waals surface area contributed by atoms with Crippen molar-refractivity contribution in [2.75, 3.05) is 11.9 Å². The standard InChI is InChI=1S/C18H18N4O5/c1-3-27-16-9-7-14(8-10-16)19-17(23)18(24)21-20-12(2)13-5-4-6-15(11-13)22(25)26/h4-11H,3H2,1-2H3,(H,19,23)(H,21,24)/b20-12+. The van der Waals surface area contributed by atoms with Crippen LogP contribution in [0, 0.1) is 10.1 Å². The molecule has 0 spiro atoms. The molecular weight excluding hydrogens is 352 g/mol. The zero-order valence-electron chi connectivity index (χ0n) is 14.8. The van der Waals surface area contributed by atoms with E-state index in [-0.39, 0.29) is 5.69 Å². The van der Waals surface area contributed by atoms with Gasteiger partial charge in [0, 0.05) is 23.4 Å². The van der Waals surface area contributed by atoms with Crippen molar-refractivity contribution in [2.24, 2.45) is 5.10 Å². The largest absolute Gasteiger partial charge is 0.494 e. The summed E-state index contributed by atoms with van der Waals surface area (Å²) in [4.78, 5) is 34.0. The van der Waals surface area contributed by atoms with E-state index in [0.29, 0.717) is 29.3 Å². The Morgan fingerprint density at radius 2 is 1.85 bits per heavy atom. The molecular formula is C18H18N4O5. The molecule has 0 bridgehead atoms. The second kappa shape index (κ2) is 9.09. The van der Waals surface area contributed by atoms with Gasteiger partial charge in [0.05, 0.1) is 17.2 Å². The number of nitro groups is 1. The van der Waals surface area contributed by atoms with Gasteiger partial charge in [0.15, 0.2) is 0 Å². The third-order valence-electron chi connectivity index (χ3n) is 3.43. The molecule has 0 aliphatic rings. The Morgan fingerprint density at radius 3 is 2.48 bits per heavy atom. The van der Waals surface area contributed by atoms with Crippen molar-refractivity contribution in [2.45, 2.75) is 13.8 Å². The lowest BCUT2D eigenvalue weighted by atomic mass is 10.1. The van der Waals surface area contributed by atoms with Crippen LogP contribution in [0.2, 0.25) is 0 Å². The van der Waals surface area contributed by atoms with Crippen LogP contribution in [0.3, 0.4) is 0 Å². The number of nitrogens with one attached hydrogen (secondary N) is 2. The molecule has 140 valence electrons. The Kier molecular flexibility index (Phi) is 6.59. The number of nitrogens with zero attached hydrogens (tertiary/aromatic N) is 2. The van der Waals surface area contributed by atoms with E-state index in [0.717, 1.165) is 0 Å². The van der Waals surface area contributed by atoms with E-state index in [9.17, 15) is 19.7 Å². The van der Waals surface area contributed by atoms with Crippen LogP contribution in [-0.4, -0.2) is 29.1 Å². The number of ether oxygens (including phenoxy) is 1. The van der Waals surface area contributed by atoms with Gasteiger partial charge in [0.25, 0.3) is 5.69 Å². The zero-order valence-corrected chi connectivity index (χ0v) is 14.8. The molecule has 0 fully saturated rings. The van der Waals surface area contributed by atoms with Crippen LogP contribution in [0.25, 0.3) is 0 Å². The molecule has 0 heterocycles. The maximum absolute atomic E-state index is 11.9. The number of hydrazone groups is 1. The van der Waals surface area contributed by atoms with Crippen LogP contribution in [0.5, 0.6) is 5.75 Å². The van der Waals surface area contributed by atoms with Crippen molar-refractivity contribution in [1.82, 2.24) is 5.43 Å². The smallest absolute Gasteiger partial charge is 0.329 e. The fourth-order valence-corrected chi connectivity index (χ4v) is 2.08. The molecule has 0 radical (unpaired) electrons. The van der Waals surface area contributed by atoms with Crippen molar-refractivity contribution in [3.63, 3.8) is 0 Å². The third kappa shape index (κ3) is 5.63. The normalized spacial score (nSPS) is 10.8. The molecule has 0 saturated heterocycles. The van der Waals surface area contributed by atoms with E-state index < -0.39 is 16.7 Å². The summed E-state index contributed by atoms with van der Waals surface area (Å²) < 4.78 is 5.29. The molecule has 9 heteroatoms. The van der Waals surface area contributed by atoms with Gasteiger partial charge < -0.3 is 10.1 Å². The summed E-state index contributed by atoms with van der Waals surface area (Å²) in [5.41, 5.74) is 3.23. The summed E-state index contributed by atoms with van der Waals surface area (Å²) in [5.74, 6) is -1.21. The fraction of sp³-hybridized carbons (Fsp3) is 0.167. The number of carbonyl (C=O) groups excluding carboxylic acids is 2. The van der Waals surface area contributed by atoms with Gasteiger partial charge in [0.1, 0.15) is 5.75 Å². The SMILES string of the molecule is CCOc1ccc(NC(=O)C(=O)N/N=C(\C)c2cccc([N+](=O)[O-])c2)cc1. The molecule has 27 heavy (non-hydrogen) atoms. The van der Waals surface area contributed by atoms with Gasteiger partial charge >= 0.3 is 11.8 Å². The van der Waals surface area contributed by atoms with Crippen LogP contribution in [0.4, 0.5) is 11.4 Å². The molecule has 2 aromatic rings. The van der Waals surface area contributed by atoms with Crippen LogP contribution < -0.4 is 15.5 Å². The molecule has 0 aromatic heterocycles. The Labute approximate surface area is 155 Å². The maximum atomic E-state index is 11.9. The minimum atomic E-state index is -0.964. The number of nitro benzene ring substituents is 1. The lowest BCUT2D eigenvalue weighted by Gasteiger charge is -2.06. The number of benzene rings is 2. The average molecular weight is 370 g/mol. The van der Waals surface area contributed by atoms with Gasteiger partial charge in [0.2, 0.25) is 0 Å². The first-order valence-electron chi connectivity index (χ1n) is 8.04. The van der Waals surface area contributed by atoms with Crippen LogP contribution >= 0.6 is 0 Å². The minimum Gasteiger partial charge on any atom is -0.494 e. The Bertz CT molecular complexity index is 878. The first kappa shape index (κ1) is 19.6. The maximum Gasteiger partial charge on any atom is 0.329 e. The van der Waals surface area contributed by atoms with Gasteiger partial charge in [-0.3, -0.25) is 19.7 Å². The van der Waals surface area contributed by atoms with Crippen LogP contribution in [0.1, 0.15) is 19.4 Å². The molecule has 0 saturated carbocycles. The van der Waals surface area contributed by atoms with E-state index in [4.69, 9.17) is 4.74 Å². The predicted molar refractivity (Wildman–Crippen MR) is 99.7 cm³/mol. The van der Waals surface area contributed by atoms with E-state index in [1.165, 1.54) is 18.2 Å². The molecule has 0 atom stereocenters. The van der Waals surface area contributed by atoms with Gasteiger partial charge in [-0.25, -0.2) is 5.43 Å². The van der Waals surface area contributed by atoms with Crippen molar-refractivity contribution < 1.29 is 19.2 Å². The number of hydrogen-bond acceptors (Lipinski definition) is 6. The van der Waals surface area contributed by atoms with E-state index in [1.54, 1.807) is 37.3 Å². The summed E-state index contributed by atoms with van der Waals surface area (Å²) in [7, 11) is 0. The molecule has 2 aromatic carbocycles. The third-order valence-corrected chi connectivity index (χ3v) is 3.43. The van der Waals surface area contributed by atoms with Gasteiger partial charge in [-0.1, -0.05) is 12.1 Å². The summed E-state index contributed by atoms with van der Waals surface area (Å²) in [6.07, 6.45) is 0. The monoisotopic (exact) mass is 370 g/mol. The molecule has 2 N–H and O–H groups in total. The number of non-ortho nitro benzene ring substituents is 1. The molecule has 2 amide bonds. The van der Waals surface area contributed by atoms with Crippen molar-refractivity contribution in [1.29, 1.82) is 0 Å². The first-order valence-corrected chi connectivity index (χ1v) is 8.04. The highest BCUT2D eigenvalue weighted by molar-refractivity contribution is 6.39. The number of rotatable bonds is 6. The van der Waals surface area contributed by atoms with E-state index >= 15 is 0 Å². The van der Waals surface area contributed by atoms with Crippen molar-refractivity contribution in [3.05, 3.63) is 64.2 Å². The van der Waals surface area contributed by atoms with E-state index in [2.05, 4.69) is 15.8 Å². The fourth-order valence-electron chi connectivity index (χ4n) is 2.08. The van der Waals surface area contributed by atoms with Crippen molar-refractivity contribution >= 4 is 28.9 Å². The van der Waals surface area contributed by atoms with Crippen molar-refractivity contribution in [3.8, 4) is 5.75 Å². The lowest BCUT2D eigenvalue weighted by Crippen LogP contribution is -2.32. The van der Waals surface area contributed by atoms with Gasteiger partial charge in [-0.05, 0) is 38.1 Å². The summed E-state index contributed by atoms with van der Waals surface area (Å²) in [6.45, 7) is 3.94. The highest BCUT2D eigenvalue weighted by Crippen LogP contribution is 2.15. The van der Waals surface area contributed by atoms with E-state index in [1.807, 2.05) is 6.92 Å². The van der Waals surface area contributed by atoms with Crippen LogP contribution in [-0.2, 0) is 9.59 Å². The predicted octanol–water partition coefficient (Wildman–Crippen LogP) is 2.47. The molecule has 9 nitrogen and oxygen atoms in total. The lowest BCUT2D eigenvalue weighted by molar-refractivity contribution is -0.384. The summed E-state index contributed by atoms with van der Waals surface area (Å²) in [5, 5.41) is 17.0. The topological polar surface area (TPSA) is 123 Å².